The first kappa shape index (κ1) is 76.7. The highest BCUT2D eigenvalue weighted by Crippen LogP contribution is 2.37. The Bertz CT molecular complexity index is 3590. The number of amides is 6. The Balaban J connectivity index is 0.897. The first-order chi connectivity index (χ1) is 48.5. The van der Waals surface area contributed by atoms with Crippen LogP contribution < -0.4 is 52.6 Å². The Morgan fingerprint density at radius 3 is 1.88 bits per heavy atom. The van der Waals surface area contributed by atoms with Crippen molar-refractivity contribution in [2.75, 3.05) is 52.3 Å². The van der Waals surface area contributed by atoms with Crippen LogP contribution in [0.1, 0.15) is 35.8 Å². The number of nitrogens with zero attached hydrogens (tertiary/aromatic N) is 1. The van der Waals surface area contributed by atoms with Crippen LogP contribution in [0.25, 0.3) is 0 Å². The van der Waals surface area contributed by atoms with Crippen LogP contribution in [-0.2, 0) is 73.4 Å². The molecule has 7 aliphatic rings. The molecule has 7 aliphatic heterocycles. The number of aliphatic hydroxyl groups excluding tert-OH is 12. The second-order valence-electron chi connectivity index (χ2n) is 25.6. The fourth-order valence-corrected chi connectivity index (χ4v) is 13.5. The first-order valence-corrected chi connectivity index (χ1v) is 34.3. The van der Waals surface area contributed by atoms with Crippen LogP contribution in [0.2, 0.25) is 0 Å². The van der Waals surface area contributed by atoms with E-state index < -0.39 is 249 Å². The fraction of sp³-hybridized carbons (Fsp3) is 0.581. The second kappa shape index (κ2) is 32.8. The molecule has 23 N–H and O–H groups in total. The molecule has 102 heavy (non-hydrogen) atoms. The third-order valence-electron chi connectivity index (χ3n) is 18.7. The summed E-state index contributed by atoms with van der Waals surface area (Å²) in [6.45, 7) is -3.32. The van der Waals surface area contributed by atoms with Gasteiger partial charge in [-0.1, -0.05) is 61.5 Å². The number of hydrogen-bond acceptors (Lipinski definition) is 29. The molecule has 0 bridgehead atoms. The number of rotatable bonds is 18. The molecular formula is C62H84N12O27S. The molecule has 26 atom stereocenters. The number of carbonyl (C=O) groups excluding carboxylic acids is 6. The summed E-state index contributed by atoms with van der Waals surface area (Å²) in [6, 6.07) is 6.32. The number of ether oxygens (including phenoxy) is 7. The first-order valence-electron chi connectivity index (χ1n) is 32.4. The number of guanidine groups is 2. The lowest BCUT2D eigenvalue weighted by Gasteiger charge is -2.48. The van der Waals surface area contributed by atoms with Crippen LogP contribution in [0, 0.1) is 10.8 Å². The number of fused-ring (bicyclic) bond motifs is 1. The molecule has 0 radical (unpaired) electrons. The van der Waals surface area contributed by atoms with Gasteiger partial charge in [-0.3, -0.25) is 39.6 Å². The minimum absolute atomic E-state index is 0.0393. The predicted molar refractivity (Wildman–Crippen MR) is 342 cm³/mol. The molecule has 3 aromatic carbocycles. The van der Waals surface area contributed by atoms with Gasteiger partial charge in [0.15, 0.2) is 40.6 Å². The SMILES string of the molecule is CC(c1ccccc1)C1NC(=O)CNC(=O)C(CO)NC(=O)C(C(O)C2CNC(=N)N2C2OC(CO)C(O)C(O)C2O)NC(=O)C(C(O)C2CNC(=N)N2)NC(=O)C(Cc2ccc(OC3OC(CO)C(OC4OC5COC(c6ccc(S(C)(=O)=O)cc6)OC5C(O)C4O)C(O)C3O)cc2)NC1=O. The van der Waals surface area contributed by atoms with Gasteiger partial charge in [-0.25, -0.2) is 8.42 Å². The number of sulfone groups is 1. The molecule has 0 aromatic heterocycles. The standard InChI is InChI=1S/C62H84N12O27S/c1-24(26-6-4-3-5-7-26)38-54(90)68-30(16-25-8-12-28(13-9-25)96-59-48(86)45(83)50(35(22-77)98-59)101-60-49(87)46(84)51-36(99-60)23-95-58(100-51)27-10-14-29(15-11-27)102(2,93)94)53(89)72-39(41(79)31-17-66-61(63)70-31)56(92)73-40(55(91)69-32(20-75)52(88)65-19-37(78)71-38)42(80)33-18-67-62(64)74(33)57-47(85)44(82)43(81)34(21-76)97-57/h3-15,24,30-36,38-51,57-60,75-77,79-87H,16-23H2,1-2H3,(H2,64,67)(H,65,88)(H,68,90)(H,69,91)(H,71,78)(H,72,89)(H,73,92)(H3,63,66,70). The van der Waals surface area contributed by atoms with Crippen molar-refractivity contribution in [1.29, 1.82) is 10.8 Å². The third-order valence-corrected chi connectivity index (χ3v) is 19.8. The molecule has 7 fully saturated rings. The summed E-state index contributed by atoms with van der Waals surface area (Å²) in [5.41, 5.74) is 1.09. The molecule has 7 saturated heterocycles. The summed E-state index contributed by atoms with van der Waals surface area (Å²) in [6.07, 6.45) is -30.8. The van der Waals surface area contributed by atoms with Gasteiger partial charge in [0.05, 0.1) is 50.0 Å². The smallest absolute Gasteiger partial charge is 0.246 e. The Morgan fingerprint density at radius 2 is 1.24 bits per heavy atom. The molecule has 0 spiro atoms. The zero-order valence-corrected chi connectivity index (χ0v) is 55.3. The maximum absolute atomic E-state index is 15.2. The Hall–Kier alpha value is -7.95. The summed E-state index contributed by atoms with van der Waals surface area (Å²) in [5.74, 6) is -9.34. The lowest BCUT2D eigenvalue weighted by Crippen LogP contribution is -2.69. The minimum atomic E-state index is -3.52. The highest BCUT2D eigenvalue weighted by molar-refractivity contribution is 7.90. The van der Waals surface area contributed by atoms with E-state index in [1.165, 1.54) is 48.5 Å². The number of nitrogens with one attached hydrogen (secondary N) is 11. The van der Waals surface area contributed by atoms with E-state index in [9.17, 15) is 88.9 Å². The van der Waals surface area contributed by atoms with Crippen LogP contribution in [-0.4, -0.2) is 321 Å². The normalized spacial score (nSPS) is 36.3. The molecule has 10 rings (SSSR count). The van der Waals surface area contributed by atoms with Crippen LogP contribution in [0.3, 0.4) is 0 Å². The average molecular weight is 1460 g/mol. The zero-order chi connectivity index (χ0) is 73.8. The molecule has 0 aliphatic carbocycles. The van der Waals surface area contributed by atoms with Crippen molar-refractivity contribution in [3.8, 4) is 5.75 Å². The molecule has 6 amide bonds. The zero-order valence-electron chi connectivity index (χ0n) is 54.5. The highest BCUT2D eigenvalue weighted by Gasteiger charge is 2.56. The number of hydrogen-bond donors (Lipinski definition) is 23. The van der Waals surface area contributed by atoms with E-state index in [0.29, 0.717) is 11.1 Å². The number of carbonyl (C=O) groups is 6. The predicted octanol–water partition coefficient (Wildman–Crippen LogP) is -11.0. The van der Waals surface area contributed by atoms with E-state index in [4.69, 9.17) is 44.0 Å². The van der Waals surface area contributed by atoms with Gasteiger partial charge in [-0.15, -0.1) is 0 Å². The van der Waals surface area contributed by atoms with Crippen molar-refractivity contribution in [3.05, 3.63) is 95.6 Å². The molecule has 26 unspecified atom stereocenters. The molecule has 3 aromatic rings. The Morgan fingerprint density at radius 1 is 0.598 bits per heavy atom. The van der Waals surface area contributed by atoms with E-state index >= 15 is 9.59 Å². The summed E-state index contributed by atoms with van der Waals surface area (Å²) in [7, 11) is -3.52. The van der Waals surface area contributed by atoms with E-state index in [2.05, 4.69) is 47.9 Å². The van der Waals surface area contributed by atoms with Crippen LogP contribution >= 0.6 is 0 Å². The van der Waals surface area contributed by atoms with E-state index in [1.807, 2.05) is 0 Å². The van der Waals surface area contributed by atoms with Crippen LogP contribution in [0.15, 0.2) is 83.8 Å². The fourth-order valence-electron chi connectivity index (χ4n) is 12.8. The quantitative estimate of drug-likeness (QED) is 0.0562. The molecule has 7 heterocycles. The summed E-state index contributed by atoms with van der Waals surface area (Å²) >= 11 is 0. The van der Waals surface area contributed by atoms with Crippen molar-refractivity contribution in [2.45, 2.75) is 177 Å². The van der Waals surface area contributed by atoms with E-state index in [1.54, 1.807) is 37.3 Å². The summed E-state index contributed by atoms with van der Waals surface area (Å²) < 4.78 is 65.1. The number of benzene rings is 3. The summed E-state index contributed by atoms with van der Waals surface area (Å²) in [4.78, 5) is 88.4. The van der Waals surface area contributed by atoms with Crippen molar-refractivity contribution in [2.24, 2.45) is 0 Å². The lowest BCUT2D eigenvalue weighted by molar-refractivity contribution is -0.383. The van der Waals surface area contributed by atoms with Gasteiger partial charge in [0.25, 0.3) is 0 Å². The van der Waals surface area contributed by atoms with E-state index in [-0.39, 0.29) is 35.3 Å². The molecular weight excluding hydrogens is 1380 g/mol. The maximum atomic E-state index is 15.2. The minimum Gasteiger partial charge on any atom is -0.462 e. The molecule has 0 saturated carbocycles. The largest absolute Gasteiger partial charge is 0.462 e. The monoisotopic (exact) mass is 1460 g/mol. The van der Waals surface area contributed by atoms with Gasteiger partial charge in [-0.05, 0) is 35.4 Å². The lowest BCUT2D eigenvalue weighted by atomic mass is 9.92. The average Bonchev–Trinajstić information content (AvgIpc) is 1.28. The van der Waals surface area contributed by atoms with Gasteiger partial charge >= 0.3 is 0 Å². The van der Waals surface area contributed by atoms with Gasteiger partial charge in [0.1, 0.15) is 121 Å². The van der Waals surface area contributed by atoms with Crippen LogP contribution in [0.5, 0.6) is 5.75 Å². The maximum Gasteiger partial charge on any atom is 0.246 e. The van der Waals surface area contributed by atoms with Crippen molar-refractivity contribution >= 4 is 57.2 Å². The molecule has 40 heteroatoms. The Kier molecular flexibility index (Phi) is 24.7. The van der Waals surface area contributed by atoms with Gasteiger partial charge in [0, 0.05) is 37.2 Å². The van der Waals surface area contributed by atoms with Crippen LogP contribution in [0.4, 0.5) is 0 Å². The molecule has 39 nitrogen and oxygen atoms in total. The van der Waals surface area contributed by atoms with Gasteiger partial charge in [-0.2, -0.15) is 0 Å². The molecule has 560 valence electrons. The second-order valence-corrected chi connectivity index (χ2v) is 27.6. The van der Waals surface area contributed by atoms with Gasteiger partial charge < -0.3 is 147 Å². The van der Waals surface area contributed by atoms with Crippen molar-refractivity contribution in [3.63, 3.8) is 0 Å². The van der Waals surface area contributed by atoms with Gasteiger partial charge in [0.2, 0.25) is 41.7 Å². The topological polar surface area (TPSA) is 603 Å². The van der Waals surface area contributed by atoms with E-state index in [0.717, 1.165) is 11.2 Å². The number of aliphatic hydroxyl groups is 12. The summed E-state index contributed by atoms with van der Waals surface area (Å²) in [5, 5.41) is 172. The third kappa shape index (κ3) is 17.0. The van der Waals surface area contributed by atoms with Crippen molar-refractivity contribution in [1.82, 2.24) is 52.8 Å². The van der Waals surface area contributed by atoms with Crippen molar-refractivity contribution < 1.29 is 132 Å². The Labute approximate surface area is 581 Å². The highest BCUT2D eigenvalue weighted by atomic mass is 32.2.